The summed E-state index contributed by atoms with van der Waals surface area (Å²) in [5.41, 5.74) is 0.883. The number of nitrogens with one attached hydrogen (secondary N) is 1. The van der Waals surface area contributed by atoms with E-state index in [-0.39, 0.29) is 11.9 Å². The minimum Gasteiger partial charge on any atom is -0.480 e. The van der Waals surface area contributed by atoms with E-state index in [9.17, 15) is 9.18 Å². The summed E-state index contributed by atoms with van der Waals surface area (Å²) in [7, 11) is 0. The van der Waals surface area contributed by atoms with Crippen molar-refractivity contribution < 1.29 is 14.3 Å². The van der Waals surface area contributed by atoms with Crippen LogP contribution in [0.2, 0.25) is 0 Å². The van der Waals surface area contributed by atoms with Gasteiger partial charge in [0.1, 0.15) is 11.9 Å². The lowest BCUT2D eigenvalue weighted by Crippen LogP contribution is -2.38. The van der Waals surface area contributed by atoms with Gasteiger partial charge in [0, 0.05) is 6.04 Å². The van der Waals surface area contributed by atoms with Crippen molar-refractivity contribution in [2.45, 2.75) is 38.8 Å². The highest BCUT2D eigenvalue weighted by Crippen LogP contribution is 2.14. The van der Waals surface area contributed by atoms with Gasteiger partial charge in [-0.2, -0.15) is 0 Å². The highest BCUT2D eigenvalue weighted by molar-refractivity contribution is 5.73. The van der Waals surface area contributed by atoms with Crippen LogP contribution in [-0.4, -0.2) is 17.1 Å². The zero-order valence-corrected chi connectivity index (χ0v) is 10.1. The van der Waals surface area contributed by atoms with E-state index in [1.807, 2.05) is 13.8 Å². The zero-order valence-electron chi connectivity index (χ0n) is 10.1. The van der Waals surface area contributed by atoms with Crippen LogP contribution in [-0.2, 0) is 4.79 Å². The van der Waals surface area contributed by atoms with Crippen LogP contribution in [0, 0.1) is 5.82 Å². The van der Waals surface area contributed by atoms with Gasteiger partial charge in [-0.25, -0.2) is 4.39 Å². The summed E-state index contributed by atoms with van der Waals surface area (Å²) in [6, 6.07) is 5.42. The lowest BCUT2D eigenvalue weighted by molar-refractivity contribution is -0.139. The predicted molar refractivity (Wildman–Crippen MR) is 64.3 cm³/mol. The number of hydrogen-bond donors (Lipinski definition) is 2. The Morgan fingerprint density at radius 2 is 2.00 bits per heavy atom. The molecule has 17 heavy (non-hydrogen) atoms. The largest absolute Gasteiger partial charge is 0.480 e. The number of benzene rings is 1. The first kappa shape index (κ1) is 13.6. The molecule has 0 spiro atoms. The van der Waals surface area contributed by atoms with Crippen molar-refractivity contribution in [2.75, 3.05) is 0 Å². The predicted octanol–water partition coefficient (Wildman–Crippen LogP) is 2.73. The quantitative estimate of drug-likeness (QED) is 0.802. The van der Waals surface area contributed by atoms with Gasteiger partial charge in [0.15, 0.2) is 0 Å². The van der Waals surface area contributed by atoms with E-state index < -0.39 is 12.0 Å². The van der Waals surface area contributed by atoms with Crippen molar-refractivity contribution in [3.05, 3.63) is 35.6 Å². The molecule has 1 unspecified atom stereocenters. The summed E-state index contributed by atoms with van der Waals surface area (Å²) in [5, 5.41) is 12.1. The SMILES string of the molecule is CCCC(N[C@@H](C)c1ccc(F)cc1)C(=O)O. The number of halogens is 1. The Morgan fingerprint density at radius 3 is 2.47 bits per heavy atom. The van der Waals surface area contributed by atoms with Gasteiger partial charge in [0.2, 0.25) is 0 Å². The van der Waals surface area contributed by atoms with Crippen LogP contribution in [0.3, 0.4) is 0 Å². The van der Waals surface area contributed by atoms with Crippen LogP contribution < -0.4 is 5.32 Å². The number of aliphatic carboxylic acids is 1. The van der Waals surface area contributed by atoms with Crippen molar-refractivity contribution in [1.29, 1.82) is 0 Å². The molecule has 94 valence electrons. The summed E-state index contributed by atoms with van der Waals surface area (Å²) in [5.74, 6) is -1.13. The van der Waals surface area contributed by atoms with Crippen molar-refractivity contribution in [1.82, 2.24) is 5.32 Å². The maximum absolute atomic E-state index is 12.7. The molecule has 0 radical (unpaired) electrons. The highest BCUT2D eigenvalue weighted by Gasteiger charge is 2.18. The fourth-order valence-electron chi connectivity index (χ4n) is 1.72. The van der Waals surface area contributed by atoms with E-state index in [1.165, 1.54) is 12.1 Å². The Labute approximate surface area is 101 Å². The van der Waals surface area contributed by atoms with Gasteiger partial charge in [0.05, 0.1) is 0 Å². The van der Waals surface area contributed by atoms with E-state index in [1.54, 1.807) is 12.1 Å². The highest BCUT2D eigenvalue weighted by atomic mass is 19.1. The molecule has 0 heterocycles. The molecule has 1 aromatic rings. The second-order valence-electron chi connectivity index (χ2n) is 4.12. The molecule has 0 aliphatic heterocycles. The van der Waals surface area contributed by atoms with Gasteiger partial charge in [0.25, 0.3) is 0 Å². The fraction of sp³-hybridized carbons (Fsp3) is 0.462. The Hall–Kier alpha value is -1.42. The summed E-state index contributed by atoms with van der Waals surface area (Å²) >= 11 is 0. The molecule has 1 rings (SSSR count). The van der Waals surface area contributed by atoms with Crippen LogP contribution in [0.4, 0.5) is 4.39 Å². The number of hydrogen-bond acceptors (Lipinski definition) is 2. The molecular formula is C13H18FNO2. The van der Waals surface area contributed by atoms with Crippen LogP contribution in [0.15, 0.2) is 24.3 Å². The Morgan fingerprint density at radius 1 is 1.41 bits per heavy atom. The van der Waals surface area contributed by atoms with Gasteiger partial charge in [-0.05, 0) is 31.0 Å². The van der Waals surface area contributed by atoms with E-state index in [0.717, 1.165) is 12.0 Å². The monoisotopic (exact) mass is 239 g/mol. The lowest BCUT2D eigenvalue weighted by Gasteiger charge is -2.20. The molecule has 0 saturated carbocycles. The molecule has 0 fully saturated rings. The van der Waals surface area contributed by atoms with Gasteiger partial charge in [-0.1, -0.05) is 25.5 Å². The number of carbonyl (C=O) groups is 1. The summed E-state index contributed by atoms with van der Waals surface area (Å²) in [6.07, 6.45) is 1.39. The average molecular weight is 239 g/mol. The fourth-order valence-corrected chi connectivity index (χ4v) is 1.72. The Balaban J connectivity index is 2.66. The van der Waals surface area contributed by atoms with Crippen molar-refractivity contribution in [2.24, 2.45) is 0 Å². The third kappa shape index (κ3) is 4.15. The topological polar surface area (TPSA) is 49.3 Å². The Kier molecular flexibility index (Phi) is 5.10. The standard InChI is InChI=1S/C13H18FNO2/c1-3-4-12(13(16)17)15-9(2)10-5-7-11(14)8-6-10/h5-9,12,15H,3-4H2,1-2H3,(H,16,17)/t9-,12?/m0/s1. The molecule has 0 bridgehead atoms. The van der Waals surface area contributed by atoms with Gasteiger partial charge in [-0.3, -0.25) is 10.1 Å². The van der Waals surface area contributed by atoms with E-state index >= 15 is 0 Å². The first-order chi connectivity index (χ1) is 8.04. The number of carboxylic acids is 1. The first-order valence-corrected chi connectivity index (χ1v) is 5.79. The number of rotatable bonds is 6. The van der Waals surface area contributed by atoms with Crippen molar-refractivity contribution >= 4 is 5.97 Å². The molecule has 3 nitrogen and oxygen atoms in total. The summed E-state index contributed by atoms with van der Waals surface area (Å²) < 4.78 is 12.7. The maximum Gasteiger partial charge on any atom is 0.320 e. The van der Waals surface area contributed by atoms with Gasteiger partial charge in [-0.15, -0.1) is 0 Å². The van der Waals surface area contributed by atoms with Gasteiger partial charge >= 0.3 is 5.97 Å². The summed E-state index contributed by atoms with van der Waals surface area (Å²) in [4.78, 5) is 11.0. The minimum atomic E-state index is -0.846. The molecule has 2 atom stereocenters. The molecule has 0 aliphatic rings. The second-order valence-corrected chi connectivity index (χ2v) is 4.12. The molecule has 0 aromatic heterocycles. The third-order valence-electron chi connectivity index (χ3n) is 2.70. The molecule has 0 amide bonds. The molecule has 4 heteroatoms. The molecular weight excluding hydrogens is 221 g/mol. The van der Waals surface area contributed by atoms with Crippen LogP contribution in [0.25, 0.3) is 0 Å². The maximum atomic E-state index is 12.7. The lowest BCUT2D eigenvalue weighted by atomic mass is 10.1. The number of carboxylic acid groups (broad SMARTS) is 1. The zero-order chi connectivity index (χ0) is 12.8. The normalized spacial score (nSPS) is 14.3. The molecule has 0 saturated heterocycles. The second kappa shape index (κ2) is 6.35. The van der Waals surface area contributed by atoms with E-state index in [0.29, 0.717) is 6.42 Å². The molecule has 1 aromatic carbocycles. The van der Waals surface area contributed by atoms with E-state index in [2.05, 4.69) is 5.32 Å². The van der Waals surface area contributed by atoms with Crippen molar-refractivity contribution in [3.8, 4) is 0 Å². The van der Waals surface area contributed by atoms with Gasteiger partial charge < -0.3 is 5.11 Å². The Bertz CT molecular complexity index is 364. The molecule has 0 aliphatic carbocycles. The van der Waals surface area contributed by atoms with Crippen LogP contribution in [0.5, 0.6) is 0 Å². The smallest absolute Gasteiger partial charge is 0.320 e. The van der Waals surface area contributed by atoms with Crippen LogP contribution in [0.1, 0.15) is 38.3 Å². The molecule has 2 N–H and O–H groups in total. The first-order valence-electron chi connectivity index (χ1n) is 5.79. The van der Waals surface area contributed by atoms with Crippen molar-refractivity contribution in [3.63, 3.8) is 0 Å². The minimum absolute atomic E-state index is 0.108. The van der Waals surface area contributed by atoms with E-state index in [4.69, 9.17) is 5.11 Å². The summed E-state index contributed by atoms with van der Waals surface area (Å²) in [6.45, 7) is 3.82. The average Bonchev–Trinajstić information content (AvgIpc) is 2.29. The third-order valence-corrected chi connectivity index (χ3v) is 2.70. The van der Waals surface area contributed by atoms with Crippen LogP contribution >= 0.6 is 0 Å².